The minimum Gasteiger partial charge on any atom is -0.102 e. The Kier molecular flexibility index (Phi) is 5.45. The zero-order chi connectivity index (χ0) is 12.0. The fourth-order valence-electron chi connectivity index (χ4n) is 1.75. The Labute approximate surface area is 101 Å². The van der Waals surface area contributed by atoms with E-state index in [2.05, 4.69) is 63.7 Å². The van der Waals surface area contributed by atoms with Crippen LogP contribution in [-0.2, 0) is 0 Å². The van der Waals surface area contributed by atoms with Crippen LogP contribution in [0.4, 0.5) is 0 Å². The molecule has 0 fully saturated rings. The summed E-state index contributed by atoms with van der Waals surface area (Å²) in [6, 6.07) is 10.6. The second-order valence-corrected chi connectivity index (χ2v) is 5.22. The summed E-state index contributed by atoms with van der Waals surface area (Å²) in [6.07, 6.45) is 4.87. The van der Waals surface area contributed by atoms with Gasteiger partial charge in [-0.15, -0.1) is 5.47 Å². The molecule has 0 spiro atoms. The Morgan fingerprint density at radius 1 is 1.06 bits per heavy atom. The van der Waals surface area contributed by atoms with Crippen LogP contribution >= 0.6 is 0 Å². The predicted molar refractivity (Wildman–Crippen MR) is 78.8 cm³/mol. The molecule has 0 aliphatic heterocycles. The summed E-state index contributed by atoms with van der Waals surface area (Å²) in [5.41, 5.74) is 2.90. The van der Waals surface area contributed by atoms with E-state index in [4.69, 9.17) is 0 Å². The second-order valence-electron chi connectivity index (χ2n) is 5.22. The molecule has 0 saturated carbocycles. The molecule has 0 saturated heterocycles. The first-order valence-electron chi connectivity index (χ1n) is 6.35. The summed E-state index contributed by atoms with van der Waals surface area (Å²) >= 11 is 0. The molecule has 0 amide bonds. The van der Waals surface area contributed by atoms with Gasteiger partial charge in [0.1, 0.15) is 6.71 Å². The second kappa shape index (κ2) is 6.62. The van der Waals surface area contributed by atoms with Crippen LogP contribution in [0.3, 0.4) is 0 Å². The molecule has 16 heavy (non-hydrogen) atoms. The fraction of sp³-hybridized carbons (Fsp3) is 0.429. The number of rotatable bonds is 5. The lowest BCUT2D eigenvalue weighted by molar-refractivity contribution is 1.16. The van der Waals surface area contributed by atoms with Crippen molar-refractivity contribution < 1.29 is 0 Å². The lowest BCUT2D eigenvalue weighted by atomic mass is 9.44. The molecule has 0 atom stereocenters. The first-order valence-corrected chi connectivity index (χ1v) is 6.35. The van der Waals surface area contributed by atoms with E-state index in [1.807, 2.05) is 0 Å². The smallest absolute Gasteiger partial charge is 0.102 e. The minimum absolute atomic E-state index is 0.652. The average molecular weight is 212 g/mol. The van der Waals surface area contributed by atoms with Gasteiger partial charge in [-0.05, 0) is 12.0 Å². The van der Waals surface area contributed by atoms with Crippen molar-refractivity contribution in [2.45, 2.75) is 40.0 Å². The van der Waals surface area contributed by atoms with Crippen LogP contribution in [0.2, 0.25) is 33.6 Å². The van der Waals surface area contributed by atoms with E-state index in [-0.39, 0.29) is 0 Å². The quantitative estimate of drug-likeness (QED) is 0.629. The molecule has 0 nitrogen and oxygen atoms in total. The summed E-state index contributed by atoms with van der Waals surface area (Å²) in [4.78, 5) is 0. The normalized spacial score (nSPS) is 11.4. The summed E-state index contributed by atoms with van der Waals surface area (Å²) in [7, 11) is 0. The van der Waals surface area contributed by atoms with Crippen molar-refractivity contribution >= 4 is 19.5 Å². The van der Waals surface area contributed by atoms with Gasteiger partial charge in [-0.1, -0.05) is 70.0 Å². The van der Waals surface area contributed by atoms with Gasteiger partial charge < -0.3 is 0 Å². The predicted octanol–water partition coefficient (Wildman–Crippen LogP) is 4.51. The largest absolute Gasteiger partial charge is 0.164 e. The zero-order valence-corrected chi connectivity index (χ0v) is 11.0. The van der Waals surface area contributed by atoms with Gasteiger partial charge in [-0.2, -0.15) is 0 Å². The molecule has 1 aromatic rings. The molecular formula is C14H22B2. The Morgan fingerprint density at radius 3 is 2.19 bits per heavy atom. The van der Waals surface area contributed by atoms with Crippen LogP contribution in [0.25, 0.3) is 6.08 Å². The maximum atomic E-state index is 2.35. The minimum atomic E-state index is 0.652. The van der Waals surface area contributed by atoms with Crippen molar-refractivity contribution in [2.24, 2.45) is 0 Å². The SMILES string of the molecule is CB(C)CC/C(=C\c1ccccc1)B(C)C. The molecule has 0 N–H and O–H groups in total. The maximum absolute atomic E-state index is 2.35. The van der Waals surface area contributed by atoms with Gasteiger partial charge in [0.2, 0.25) is 0 Å². The van der Waals surface area contributed by atoms with Gasteiger partial charge in [0.15, 0.2) is 6.71 Å². The van der Waals surface area contributed by atoms with Gasteiger partial charge >= 0.3 is 0 Å². The zero-order valence-electron chi connectivity index (χ0n) is 11.0. The van der Waals surface area contributed by atoms with Crippen molar-refractivity contribution in [3.8, 4) is 0 Å². The number of hydrogen-bond donors (Lipinski definition) is 0. The highest BCUT2D eigenvalue weighted by Crippen LogP contribution is 2.16. The summed E-state index contributed by atoms with van der Waals surface area (Å²) in [5, 5.41) is 0. The number of benzene rings is 1. The Hall–Kier alpha value is -0.910. The highest BCUT2D eigenvalue weighted by molar-refractivity contribution is 6.65. The molecule has 0 aliphatic rings. The van der Waals surface area contributed by atoms with Crippen molar-refractivity contribution in [2.75, 3.05) is 0 Å². The van der Waals surface area contributed by atoms with Crippen LogP contribution in [0.15, 0.2) is 35.8 Å². The fourth-order valence-corrected chi connectivity index (χ4v) is 1.75. The summed E-state index contributed by atoms with van der Waals surface area (Å²) < 4.78 is 0. The molecule has 2 heteroatoms. The standard InChI is InChI=1S/C14H22B2/c1-15(2)11-10-14(16(3)4)12-13-8-6-5-7-9-13/h5-9,12H,10-11H2,1-4H3/b14-12+. The van der Waals surface area contributed by atoms with Crippen LogP contribution in [0.5, 0.6) is 0 Å². The third-order valence-electron chi connectivity index (χ3n) is 2.90. The van der Waals surface area contributed by atoms with Crippen LogP contribution in [0, 0.1) is 0 Å². The average Bonchev–Trinajstić information content (AvgIpc) is 2.25. The lowest BCUT2D eigenvalue weighted by Gasteiger charge is -2.10. The first kappa shape index (κ1) is 13.2. The van der Waals surface area contributed by atoms with Gasteiger partial charge in [0.25, 0.3) is 0 Å². The highest BCUT2D eigenvalue weighted by Gasteiger charge is 2.08. The van der Waals surface area contributed by atoms with Crippen molar-refractivity contribution in [1.29, 1.82) is 0 Å². The van der Waals surface area contributed by atoms with E-state index in [1.54, 1.807) is 5.47 Å². The van der Waals surface area contributed by atoms with E-state index in [0.29, 0.717) is 6.71 Å². The third-order valence-corrected chi connectivity index (χ3v) is 2.90. The molecule has 0 aromatic heterocycles. The molecule has 1 aromatic carbocycles. The van der Waals surface area contributed by atoms with Crippen LogP contribution < -0.4 is 0 Å². The Bertz CT molecular complexity index is 326. The van der Waals surface area contributed by atoms with Gasteiger partial charge in [0, 0.05) is 0 Å². The maximum Gasteiger partial charge on any atom is 0.164 e. The van der Waals surface area contributed by atoms with Crippen molar-refractivity contribution in [3.63, 3.8) is 0 Å². The molecule has 1 rings (SSSR count). The molecule has 0 unspecified atom stereocenters. The monoisotopic (exact) mass is 212 g/mol. The van der Waals surface area contributed by atoms with E-state index < -0.39 is 0 Å². The van der Waals surface area contributed by atoms with E-state index in [0.717, 1.165) is 6.71 Å². The lowest BCUT2D eigenvalue weighted by Crippen LogP contribution is -2.09. The van der Waals surface area contributed by atoms with Crippen molar-refractivity contribution in [3.05, 3.63) is 41.4 Å². The van der Waals surface area contributed by atoms with Crippen molar-refractivity contribution in [1.82, 2.24) is 0 Å². The molecule has 0 radical (unpaired) electrons. The van der Waals surface area contributed by atoms with E-state index in [1.165, 1.54) is 18.3 Å². The van der Waals surface area contributed by atoms with Gasteiger partial charge in [-0.25, -0.2) is 0 Å². The molecular weight excluding hydrogens is 190 g/mol. The highest BCUT2D eigenvalue weighted by atomic mass is 13.9. The molecule has 0 bridgehead atoms. The number of allylic oxidation sites excluding steroid dienone is 1. The third kappa shape index (κ3) is 4.74. The van der Waals surface area contributed by atoms with E-state index in [9.17, 15) is 0 Å². The topological polar surface area (TPSA) is 0 Å². The van der Waals surface area contributed by atoms with Crippen LogP contribution in [0.1, 0.15) is 12.0 Å². The number of hydrogen-bond acceptors (Lipinski definition) is 0. The van der Waals surface area contributed by atoms with Gasteiger partial charge in [0.05, 0.1) is 0 Å². The van der Waals surface area contributed by atoms with E-state index >= 15 is 0 Å². The van der Waals surface area contributed by atoms with Gasteiger partial charge in [-0.3, -0.25) is 0 Å². The molecule has 84 valence electrons. The summed E-state index contributed by atoms with van der Waals surface area (Å²) in [6.45, 7) is 10.6. The van der Waals surface area contributed by atoms with Crippen LogP contribution in [-0.4, -0.2) is 13.4 Å². The molecule has 0 aliphatic carbocycles. The first-order chi connectivity index (χ1) is 7.59. The summed E-state index contributed by atoms with van der Waals surface area (Å²) in [5.74, 6) is 0. The Morgan fingerprint density at radius 2 is 1.69 bits per heavy atom. The Balaban J connectivity index is 2.73. The molecule has 0 heterocycles.